The van der Waals surface area contributed by atoms with E-state index >= 15 is 0 Å². The molecule has 0 aliphatic heterocycles. The maximum absolute atomic E-state index is 12.8. The summed E-state index contributed by atoms with van der Waals surface area (Å²) in [6, 6.07) is 3.55. The molecule has 1 rings (SSSR count). The Morgan fingerprint density at radius 3 is 2.47 bits per heavy atom. The van der Waals surface area contributed by atoms with Crippen molar-refractivity contribution in [1.29, 1.82) is 0 Å². The van der Waals surface area contributed by atoms with Crippen molar-refractivity contribution in [3.63, 3.8) is 0 Å². The first kappa shape index (κ1) is 14.5. The van der Waals surface area contributed by atoms with Crippen LogP contribution in [0.1, 0.15) is 27.9 Å². The van der Waals surface area contributed by atoms with Gasteiger partial charge in [-0.05, 0) is 11.6 Å². The first-order valence-electron chi connectivity index (χ1n) is 4.75. The number of hydrogen-bond acceptors (Lipinski definition) is 1. The smallest absolute Gasteiger partial charge is 0.294 e. The summed E-state index contributed by atoms with van der Waals surface area (Å²) < 4.78 is 38.3. The molecule has 0 bridgehead atoms. The normalized spacial score (nSPS) is 11.6. The van der Waals surface area contributed by atoms with Gasteiger partial charge in [-0.1, -0.05) is 28.1 Å². The first-order valence-corrected chi connectivity index (χ1v) is 6.41. The quantitative estimate of drug-likeness (QED) is 0.590. The Morgan fingerprint density at radius 2 is 2.00 bits per heavy atom. The lowest BCUT2D eigenvalue weighted by Gasteiger charge is -2.12. The van der Waals surface area contributed by atoms with Gasteiger partial charge in [0.25, 0.3) is 0 Å². The highest BCUT2D eigenvalue weighted by Crippen LogP contribution is 2.33. The second-order valence-corrected chi connectivity index (χ2v) is 4.43. The van der Waals surface area contributed by atoms with Crippen LogP contribution in [-0.4, -0.2) is 11.1 Å². The summed E-state index contributed by atoms with van der Waals surface area (Å²) in [4.78, 5) is 11.5. The van der Waals surface area contributed by atoms with E-state index in [1.807, 2.05) is 0 Å². The maximum Gasteiger partial charge on any atom is 0.417 e. The van der Waals surface area contributed by atoms with Crippen LogP contribution in [0, 0.1) is 0 Å². The zero-order valence-electron chi connectivity index (χ0n) is 8.65. The van der Waals surface area contributed by atoms with Gasteiger partial charge in [0.05, 0.1) is 5.56 Å². The molecule has 0 aliphatic carbocycles. The molecule has 6 heteroatoms. The summed E-state index contributed by atoms with van der Waals surface area (Å²) in [6.45, 7) is 0. The van der Waals surface area contributed by atoms with Gasteiger partial charge in [0.1, 0.15) is 0 Å². The molecule has 1 nitrogen and oxygen atoms in total. The van der Waals surface area contributed by atoms with Crippen LogP contribution in [0.5, 0.6) is 0 Å². The first-order chi connectivity index (χ1) is 7.90. The van der Waals surface area contributed by atoms with E-state index in [2.05, 4.69) is 15.9 Å². The minimum Gasteiger partial charge on any atom is -0.294 e. The summed E-state index contributed by atoms with van der Waals surface area (Å²) in [5.74, 6) is -0.550. The Bertz CT molecular complexity index is 418. The molecule has 0 saturated carbocycles. The predicted molar refractivity (Wildman–Crippen MR) is 63.7 cm³/mol. The molecule has 0 amide bonds. The highest BCUT2D eigenvalue weighted by molar-refractivity contribution is 9.09. The highest BCUT2D eigenvalue weighted by atomic mass is 79.9. The van der Waals surface area contributed by atoms with Crippen LogP contribution in [-0.2, 0) is 12.1 Å². The van der Waals surface area contributed by atoms with Crippen molar-refractivity contribution in [3.8, 4) is 0 Å². The van der Waals surface area contributed by atoms with E-state index in [9.17, 15) is 18.0 Å². The molecular weight excluding hydrogens is 320 g/mol. The third-order valence-corrected chi connectivity index (χ3v) is 2.87. The molecule has 0 heterocycles. The van der Waals surface area contributed by atoms with Crippen LogP contribution in [0.4, 0.5) is 13.2 Å². The number of Topliss-reactive ketones (excluding diaryl/α,β-unsaturated/α-hetero) is 1. The molecule has 0 aromatic heterocycles. The van der Waals surface area contributed by atoms with Gasteiger partial charge in [-0.15, -0.1) is 11.6 Å². The van der Waals surface area contributed by atoms with Crippen molar-refractivity contribution in [2.75, 3.05) is 5.33 Å². The van der Waals surface area contributed by atoms with Gasteiger partial charge >= 0.3 is 6.18 Å². The Labute approximate surface area is 110 Å². The van der Waals surface area contributed by atoms with Gasteiger partial charge in [-0.25, -0.2) is 0 Å². The molecule has 0 radical (unpaired) electrons. The highest BCUT2D eigenvalue weighted by Gasteiger charge is 2.35. The lowest BCUT2D eigenvalue weighted by molar-refractivity contribution is -0.137. The minimum absolute atomic E-state index is 0.0179. The fourth-order valence-corrected chi connectivity index (χ4v) is 1.90. The molecule has 1 aromatic carbocycles. The van der Waals surface area contributed by atoms with Gasteiger partial charge in [0, 0.05) is 23.2 Å². The Morgan fingerprint density at radius 1 is 1.35 bits per heavy atom. The number of carbonyl (C=O) groups excluding carboxylic acids is 1. The molecule has 0 unspecified atom stereocenters. The molecule has 0 atom stereocenters. The molecule has 17 heavy (non-hydrogen) atoms. The van der Waals surface area contributed by atoms with Crippen LogP contribution in [0.15, 0.2) is 18.2 Å². The van der Waals surface area contributed by atoms with E-state index < -0.39 is 17.5 Å². The standard InChI is InChI=1S/C11H9BrClF3O/c12-4-3-10(17)8-2-1-7(6-13)5-9(8)11(14,15)16/h1-2,5H,3-4,6H2. The van der Waals surface area contributed by atoms with E-state index in [1.54, 1.807) is 0 Å². The Kier molecular flexibility index (Phi) is 5.01. The van der Waals surface area contributed by atoms with Crippen molar-refractivity contribution in [2.45, 2.75) is 18.5 Å². The largest absolute Gasteiger partial charge is 0.417 e. The van der Waals surface area contributed by atoms with Crippen molar-refractivity contribution in [1.82, 2.24) is 0 Å². The van der Waals surface area contributed by atoms with E-state index in [0.29, 0.717) is 10.9 Å². The monoisotopic (exact) mass is 328 g/mol. The molecule has 0 spiro atoms. The third-order valence-electron chi connectivity index (χ3n) is 2.17. The number of rotatable bonds is 4. The van der Waals surface area contributed by atoms with E-state index in [0.717, 1.165) is 6.07 Å². The maximum atomic E-state index is 12.8. The van der Waals surface area contributed by atoms with Crippen molar-refractivity contribution < 1.29 is 18.0 Å². The van der Waals surface area contributed by atoms with Crippen LogP contribution < -0.4 is 0 Å². The molecule has 0 saturated heterocycles. The summed E-state index contributed by atoms with van der Waals surface area (Å²) in [5.41, 5.74) is -0.873. The molecule has 1 aromatic rings. The number of benzene rings is 1. The van der Waals surface area contributed by atoms with Crippen LogP contribution >= 0.6 is 27.5 Å². The molecule has 0 N–H and O–H groups in total. The zero-order chi connectivity index (χ0) is 13.1. The number of alkyl halides is 5. The molecule has 0 fully saturated rings. The third kappa shape index (κ3) is 3.71. The van der Waals surface area contributed by atoms with Gasteiger partial charge < -0.3 is 0 Å². The average molecular weight is 330 g/mol. The summed E-state index contributed by atoms with van der Waals surface area (Å²) >= 11 is 8.51. The van der Waals surface area contributed by atoms with Gasteiger partial charge in [0.2, 0.25) is 0 Å². The second kappa shape index (κ2) is 5.87. The van der Waals surface area contributed by atoms with Gasteiger partial charge in [-0.3, -0.25) is 4.79 Å². The van der Waals surface area contributed by atoms with E-state index in [-0.39, 0.29) is 17.9 Å². The molecule has 0 aliphatic rings. The summed E-state index contributed by atoms with van der Waals surface area (Å²) in [5, 5.41) is 0.334. The van der Waals surface area contributed by atoms with Crippen LogP contribution in [0.25, 0.3) is 0 Å². The predicted octanol–water partition coefficient (Wildman–Crippen LogP) is 4.41. The number of halogens is 5. The van der Waals surface area contributed by atoms with Gasteiger partial charge in [-0.2, -0.15) is 13.2 Å². The summed E-state index contributed by atoms with van der Waals surface area (Å²) in [7, 11) is 0. The average Bonchev–Trinajstić information content (AvgIpc) is 2.27. The SMILES string of the molecule is O=C(CCBr)c1ccc(CCl)cc1C(F)(F)F. The molecular formula is C11H9BrClF3O. The van der Waals surface area contributed by atoms with Crippen molar-refractivity contribution in [3.05, 3.63) is 34.9 Å². The minimum atomic E-state index is -4.54. The lowest BCUT2D eigenvalue weighted by Crippen LogP contribution is -2.14. The number of carbonyl (C=O) groups is 1. The number of ketones is 1. The van der Waals surface area contributed by atoms with E-state index in [1.165, 1.54) is 12.1 Å². The van der Waals surface area contributed by atoms with Crippen LogP contribution in [0.3, 0.4) is 0 Å². The number of hydrogen-bond donors (Lipinski definition) is 0. The summed E-state index contributed by atoms with van der Waals surface area (Å²) in [6.07, 6.45) is -4.51. The van der Waals surface area contributed by atoms with Crippen molar-refractivity contribution >= 4 is 33.3 Å². The van der Waals surface area contributed by atoms with Gasteiger partial charge in [0.15, 0.2) is 5.78 Å². The Balaban J connectivity index is 3.25. The topological polar surface area (TPSA) is 17.1 Å². The molecule has 94 valence electrons. The zero-order valence-corrected chi connectivity index (χ0v) is 11.0. The second-order valence-electron chi connectivity index (χ2n) is 3.37. The van der Waals surface area contributed by atoms with E-state index in [4.69, 9.17) is 11.6 Å². The fraction of sp³-hybridized carbons (Fsp3) is 0.364. The van der Waals surface area contributed by atoms with Crippen LogP contribution in [0.2, 0.25) is 0 Å². The fourth-order valence-electron chi connectivity index (χ4n) is 1.37. The van der Waals surface area contributed by atoms with Crippen molar-refractivity contribution in [2.24, 2.45) is 0 Å². The Hall–Kier alpha value is -0.550. The lowest BCUT2D eigenvalue weighted by atomic mass is 9.99.